The zero-order valence-electron chi connectivity index (χ0n) is 17.5. The van der Waals surface area contributed by atoms with Gasteiger partial charge in [-0.15, -0.1) is 0 Å². The van der Waals surface area contributed by atoms with E-state index >= 15 is 0 Å². The van der Waals surface area contributed by atoms with Crippen LogP contribution in [0.15, 0.2) is 53.5 Å². The lowest BCUT2D eigenvalue weighted by Crippen LogP contribution is -2.40. The van der Waals surface area contributed by atoms with E-state index in [4.69, 9.17) is 11.6 Å². The number of halogens is 1. The monoisotopic (exact) mass is 424 g/mol. The van der Waals surface area contributed by atoms with Gasteiger partial charge in [0.1, 0.15) is 0 Å². The number of rotatable bonds is 7. The topological polar surface area (TPSA) is 56.7 Å². The first kappa shape index (κ1) is 20.7. The summed E-state index contributed by atoms with van der Waals surface area (Å²) in [6, 6.07) is 16.6. The number of nitrogens with zero attached hydrogens (tertiary/aromatic N) is 2. The molecule has 1 aliphatic carbocycles. The third kappa shape index (κ3) is 4.96. The molecule has 2 aromatic rings. The molecular formula is C24H29ClN4O. The van der Waals surface area contributed by atoms with Gasteiger partial charge < -0.3 is 15.5 Å². The second-order valence-electron chi connectivity index (χ2n) is 8.31. The van der Waals surface area contributed by atoms with Gasteiger partial charge in [-0.25, -0.2) is 0 Å². The fourth-order valence-corrected chi connectivity index (χ4v) is 4.24. The van der Waals surface area contributed by atoms with Crippen molar-refractivity contribution in [3.8, 4) is 0 Å². The van der Waals surface area contributed by atoms with Gasteiger partial charge in [-0.2, -0.15) is 0 Å². The number of carbonyl (C=O) groups excluding carboxylic acids is 1. The molecule has 5 nitrogen and oxygen atoms in total. The Morgan fingerprint density at radius 1 is 1.13 bits per heavy atom. The highest BCUT2D eigenvalue weighted by Gasteiger charge is 2.44. The van der Waals surface area contributed by atoms with E-state index in [1.165, 1.54) is 16.7 Å². The van der Waals surface area contributed by atoms with E-state index < -0.39 is 0 Å². The summed E-state index contributed by atoms with van der Waals surface area (Å²) in [6.45, 7) is 3.13. The number of likely N-dealkylation sites (tertiary alicyclic amines) is 1. The molecule has 4 rings (SSSR count). The van der Waals surface area contributed by atoms with Crippen LogP contribution in [0.2, 0.25) is 5.02 Å². The van der Waals surface area contributed by atoms with Gasteiger partial charge in [-0.05, 0) is 48.1 Å². The van der Waals surface area contributed by atoms with Gasteiger partial charge in [-0.3, -0.25) is 9.79 Å². The molecule has 1 saturated carbocycles. The summed E-state index contributed by atoms with van der Waals surface area (Å²) < 4.78 is 0. The summed E-state index contributed by atoms with van der Waals surface area (Å²) in [5, 5.41) is 7.66. The summed E-state index contributed by atoms with van der Waals surface area (Å²) in [5.74, 6) is 1.07. The molecule has 0 atom stereocenters. The van der Waals surface area contributed by atoms with Crippen molar-refractivity contribution in [2.75, 3.05) is 20.1 Å². The second-order valence-corrected chi connectivity index (χ2v) is 8.74. The van der Waals surface area contributed by atoms with Crippen LogP contribution in [0, 0.1) is 0 Å². The zero-order chi connectivity index (χ0) is 21.0. The van der Waals surface area contributed by atoms with Gasteiger partial charge in [0.15, 0.2) is 5.96 Å². The molecule has 0 radical (unpaired) electrons. The minimum absolute atomic E-state index is 0.164. The normalized spacial score (nSPS) is 17.9. The lowest BCUT2D eigenvalue weighted by atomic mass is 9.96. The number of amides is 1. The third-order valence-corrected chi connectivity index (χ3v) is 6.37. The largest absolute Gasteiger partial charge is 0.356 e. The molecule has 0 bridgehead atoms. The van der Waals surface area contributed by atoms with Gasteiger partial charge in [0, 0.05) is 50.1 Å². The maximum Gasteiger partial charge on any atom is 0.222 e. The molecule has 158 valence electrons. The first-order valence-electron chi connectivity index (χ1n) is 10.6. The van der Waals surface area contributed by atoms with Crippen molar-refractivity contribution in [1.82, 2.24) is 15.5 Å². The van der Waals surface area contributed by atoms with Crippen LogP contribution >= 0.6 is 11.6 Å². The quantitative estimate of drug-likeness (QED) is 0.524. The Morgan fingerprint density at radius 2 is 1.90 bits per heavy atom. The number of guanidine groups is 1. The van der Waals surface area contributed by atoms with Crippen molar-refractivity contribution in [2.45, 2.75) is 44.2 Å². The molecular weight excluding hydrogens is 396 g/mol. The molecule has 30 heavy (non-hydrogen) atoms. The number of nitrogens with one attached hydrogen (secondary N) is 2. The first-order chi connectivity index (χ1) is 14.6. The van der Waals surface area contributed by atoms with Crippen LogP contribution in [0.5, 0.6) is 0 Å². The highest BCUT2D eigenvalue weighted by atomic mass is 35.5. The average molecular weight is 425 g/mol. The molecule has 0 spiro atoms. The second kappa shape index (κ2) is 9.09. The molecule has 1 heterocycles. The number of carbonyl (C=O) groups is 1. The average Bonchev–Trinajstić information content (AvgIpc) is 3.45. The highest BCUT2D eigenvalue weighted by molar-refractivity contribution is 6.30. The van der Waals surface area contributed by atoms with Crippen LogP contribution in [0.4, 0.5) is 0 Å². The maximum absolute atomic E-state index is 11.8. The molecule has 6 heteroatoms. The van der Waals surface area contributed by atoms with Gasteiger partial charge in [0.2, 0.25) is 5.91 Å². The van der Waals surface area contributed by atoms with Crippen molar-refractivity contribution in [3.63, 3.8) is 0 Å². The van der Waals surface area contributed by atoms with Crippen molar-refractivity contribution < 1.29 is 4.79 Å². The fourth-order valence-electron chi connectivity index (χ4n) is 4.05. The molecule has 1 aliphatic heterocycles. The van der Waals surface area contributed by atoms with Crippen LogP contribution in [0.25, 0.3) is 0 Å². The van der Waals surface area contributed by atoms with Gasteiger partial charge in [-0.1, -0.05) is 48.0 Å². The van der Waals surface area contributed by atoms with Gasteiger partial charge >= 0.3 is 0 Å². The van der Waals surface area contributed by atoms with Crippen molar-refractivity contribution >= 4 is 23.5 Å². The van der Waals surface area contributed by atoms with Crippen molar-refractivity contribution in [3.05, 3.63) is 70.2 Å². The highest BCUT2D eigenvalue weighted by Crippen LogP contribution is 2.48. The minimum Gasteiger partial charge on any atom is -0.356 e. The molecule has 0 aromatic heterocycles. The fraction of sp³-hybridized carbons (Fsp3) is 0.417. The molecule has 2 fully saturated rings. The van der Waals surface area contributed by atoms with E-state index in [9.17, 15) is 4.79 Å². The summed E-state index contributed by atoms with van der Waals surface area (Å²) in [7, 11) is 1.80. The SMILES string of the molecule is CN=C(NCc1ccc(CN2CCCC2=O)cc1)NCC1(c2cccc(Cl)c2)CC1. The maximum atomic E-state index is 11.8. The Morgan fingerprint density at radius 3 is 2.53 bits per heavy atom. The molecule has 2 aliphatic rings. The smallest absolute Gasteiger partial charge is 0.222 e. The van der Waals surface area contributed by atoms with Gasteiger partial charge in [0.05, 0.1) is 0 Å². The van der Waals surface area contributed by atoms with E-state index in [2.05, 4.69) is 52.0 Å². The summed E-state index contributed by atoms with van der Waals surface area (Å²) in [6.07, 6.45) is 3.99. The molecule has 1 amide bonds. The lowest BCUT2D eigenvalue weighted by Gasteiger charge is -2.19. The summed E-state index contributed by atoms with van der Waals surface area (Å²) in [5.41, 5.74) is 3.82. The van der Waals surface area contributed by atoms with Gasteiger partial charge in [0.25, 0.3) is 0 Å². The van der Waals surface area contributed by atoms with Crippen LogP contribution in [-0.4, -0.2) is 36.9 Å². The number of hydrogen-bond donors (Lipinski definition) is 2. The lowest BCUT2D eigenvalue weighted by molar-refractivity contribution is -0.128. The Hall–Kier alpha value is -2.53. The molecule has 1 saturated heterocycles. The molecule has 2 aromatic carbocycles. The standard InChI is InChI=1S/C24H29ClN4O/c1-26-23(28-17-24(11-12-24)20-4-2-5-21(25)14-20)27-15-18-7-9-19(10-8-18)16-29-13-3-6-22(29)30/h2,4-5,7-10,14H,3,6,11-13,15-17H2,1H3,(H2,26,27,28). The van der Waals surface area contributed by atoms with E-state index in [0.29, 0.717) is 19.5 Å². The summed E-state index contributed by atoms with van der Waals surface area (Å²) >= 11 is 6.18. The number of aliphatic imine (C=N–C) groups is 1. The van der Waals surface area contributed by atoms with Crippen LogP contribution < -0.4 is 10.6 Å². The number of hydrogen-bond acceptors (Lipinski definition) is 2. The van der Waals surface area contributed by atoms with E-state index in [1.54, 1.807) is 7.05 Å². The van der Waals surface area contributed by atoms with E-state index in [1.807, 2.05) is 17.0 Å². The Kier molecular flexibility index (Phi) is 6.28. The third-order valence-electron chi connectivity index (χ3n) is 6.14. The predicted molar refractivity (Wildman–Crippen MR) is 122 cm³/mol. The first-order valence-corrected chi connectivity index (χ1v) is 11.0. The molecule has 2 N–H and O–H groups in total. The number of benzene rings is 2. The van der Waals surface area contributed by atoms with Crippen molar-refractivity contribution in [2.24, 2.45) is 4.99 Å². The Bertz CT molecular complexity index is 921. The van der Waals surface area contributed by atoms with Crippen LogP contribution in [0.1, 0.15) is 42.4 Å². The van der Waals surface area contributed by atoms with Crippen molar-refractivity contribution in [1.29, 1.82) is 0 Å². The summed E-state index contributed by atoms with van der Waals surface area (Å²) in [4.78, 5) is 18.1. The van der Waals surface area contributed by atoms with Crippen LogP contribution in [-0.2, 0) is 23.3 Å². The predicted octanol–water partition coefficient (Wildman–Crippen LogP) is 3.86. The molecule has 0 unspecified atom stereocenters. The zero-order valence-corrected chi connectivity index (χ0v) is 18.2. The Labute approximate surface area is 183 Å². The minimum atomic E-state index is 0.164. The van der Waals surface area contributed by atoms with E-state index in [0.717, 1.165) is 43.3 Å². The Balaban J connectivity index is 1.27. The van der Waals surface area contributed by atoms with Crippen LogP contribution in [0.3, 0.4) is 0 Å². The van der Waals surface area contributed by atoms with E-state index in [-0.39, 0.29) is 11.3 Å².